The third-order valence-corrected chi connectivity index (χ3v) is 6.62. The van der Waals surface area contributed by atoms with Crippen molar-refractivity contribution < 1.29 is 23.9 Å². The van der Waals surface area contributed by atoms with Crippen molar-refractivity contribution in [3.8, 4) is 11.5 Å². The van der Waals surface area contributed by atoms with E-state index in [1.54, 1.807) is 78.9 Å². The number of carbonyl (C=O) groups is 3. The molecule has 4 aromatic rings. The minimum atomic E-state index is -1.22. The van der Waals surface area contributed by atoms with Gasteiger partial charge in [0, 0.05) is 16.7 Å². The number of benzene rings is 4. The van der Waals surface area contributed by atoms with Crippen LogP contribution in [-0.2, 0) is 0 Å². The Kier molecular flexibility index (Phi) is 5.34. The molecule has 2 unspecified atom stereocenters. The van der Waals surface area contributed by atoms with Crippen LogP contribution in [0.5, 0.6) is 11.5 Å². The molecule has 2 aliphatic rings. The van der Waals surface area contributed by atoms with Crippen molar-refractivity contribution in [1.82, 2.24) is 4.90 Å². The van der Waals surface area contributed by atoms with E-state index in [1.165, 1.54) is 4.90 Å². The zero-order valence-electron chi connectivity index (χ0n) is 19.1. The molecule has 0 bridgehead atoms. The fourth-order valence-corrected chi connectivity index (χ4v) is 4.96. The molecule has 176 valence electrons. The fourth-order valence-electron chi connectivity index (χ4n) is 4.96. The second kappa shape index (κ2) is 8.82. The van der Waals surface area contributed by atoms with E-state index in [9.17, 15) is 14.4 Å². The van der Waals surface area contributed by atoms with Gasteiger partial charge in [-0.25, -0.2) is 4.79 Å². The number of carbonyl (C=O) groups excluding carboxylic acids is 3. The van der Waals surface area contributed by atoms with Gasteiger partial charge in [-0.1, -0.05) is 91.0 Å². The average Bonchev–Trinajstić information content (AvgIpc) is 2.93. The highest BCUT2D eigenvalue weighted by atomic mass is 16.6. The number of ketones is 2. The fraction of sp³-hybridized carbons (Fsp3) is 0.100. The number of ether oxygens (including phenoxy) is 2. The summed E-state index contributed by atoms with van der Waals surface area (Å²) in [4.78, 5) is 42.9. The van der Waals surface area contributed by atoms with Gasteiger partial charge in [0.2, 0.25) is 6.23 Å². The Morgan fingerprint density at radius 1 is 0.639 bits per heavy atom. The molecule has 0 spiro atoms. The lowest BCUT2D eigenvalue weighted by Crippen LogP contribution is -2.52. The molecule has 6 heteroatoms. The normalized spacial score (nSPS) is 17.8. The quantitative estimate of drug-likeness (QED) is 0.261. The monoisotopic (exact) mass is 475 g/mol. The first-order chi connectivity index (χ1) is 17.6. The summed E-state index contributed by atoms with van der Waals surface area (Å²) in [6.45, 7) is 0. The Balaban J connectivity index is 1.57. The van der Waals surface area contributed by atoms with Crippen LogP contribution in [0.3, 0.4) is 0 Å². The van der Waals surface area contributed by atoms with Crippen LogP contribution in [0.4, 0.5) is 4.79 Å². The third-order valence-electron chi connectivity index (χ3n) is 6.62. The van der Waals surface area contributed by atoms with Crippen molar-refractivity contribution in [2.75, 3.05) is 0 Å². The van der Waals surface area contributed by atoms with Gasteiger partial charge in [0.05, 0.1) is 11.6 Å². The summed E-state index contributed by atoms with van der Waals surface area (Å²) in [5, 5.41) is 0. The maximum atomic E-state index is 14.1. The van der Waals surface area contributed by atoms with Gasteiger partial charge in [-0.15, -0.1) is 0 Å². The van der Waals surface area contributed by atoms with E-state index < -0.39 is 24.3 Å². The molecule has 6 nitrogen and oxygen atoms in total. The molecule has 2 heterocycles. The van der Waals surface area contributed by atoms with E-state index in [4.69, 9.17) is 9.47 Å². The number of hydrogen-bond donors (Lipinski definition) is 0. The molecule has 0 fully saturated rings. The minimum absolute atomic E-state index is 0.378. The highest BCUT2D eigenvalue weighted by molar-refractivity contribution is 6.17. The number of Topliss-reactive ketones (excluding diaryl/α,β-unsaturated/α-hetero) is 2. The SMILES string of the molecule is O=C(c1ccccc1)C(C(=O)c1ccccc1)C1c2ccccc2OC2c3ccccc3OC(=O)N21. The molecule has 6 rings (SSSR count). The van der Waals surface area contributed by atoms with Gasteiger partial charge in [-0.3, -0.25) is 14.5 Å². The van der Waals surface area contributed by atoms with Gasteiger partial charge in [-0.2, -0.15) is 0 Å². The predicted octanol–water partition coefficient (Wildman–Crippen LogP) is 6.02. The van der Waals surface area contributed by atoms with Crippen LogP contribution in [0.25, 0.3) is 0 Å². The van der Waals surface area contributed by atoms with E-state index in [1.807, 2.05) is 30.3 Å². The molecular weight excluding hydrogens is 454 g/mol. The molecule has 0 N–H and O–H groups in total. The maximum absolute atomic E-state index is 14.1. The molecule has 2 aliphatic heterocycles. The third kappa shape index (κ3) is 3.55. The molecule has 2 atom stereocenters. The summed E-state index contributed by atoms with van der Waals surface area (Å²) in [5.74, 6) is -1.07. The predicted molar refractivity (Wildman–Crippen MR) is 132 cm³/mol. The molecule has 0 aromatic heterocycles. The van der Waals surface area contributed by atoms with Crippen molar-refractivity contribution >= 4 is 17.7 Å². The molecule has 4 aromatic carbocycles. The molecular formula is C30H21NO5. The summed E-state index contributed by atoms with van der Waals surface area (Å²) in [5.41, 5.74) is 1.99. The van der Waals surface area contributed by atoms with E-state index in [0.717, 1.165) is 0 Å². The van der Waals surface area contributed by atoms with Crippen LogP contribution in [0.1, 0.15) is 44.1 Å². The standard InChI is InChI=1S/C30H21NO5/c32-27(19-11-3-1-4-12-19)25(28(33)20-13-5-2-6-14-20)26-21-15-7-9-17-23(21)35-29-22-16-8-10-18-24(22)36-30(34)31(26)29/h1-18,25-26,29H. The molecule has 1 amide bonds. The summed E-state index contributed by atoms with van der Waals surface area (Å²) in [6, 6.07) is 30.7. The Hall–Kier alpha value is -4.71. The molecule has 0 saturated heterocycles. The molecule has 0 saturated carbocycles. The minimum Gasteiger partial charge on any atom is -0.466 e. The van der Waals surface area contributed by atoms with Gasteiger partial charge < -0.3 is 9.47 Å². The first-order valence-electron chi connectivity index (χ1n) is 11.7. The Morgan fingerprint density at radius 3 is 1.75 bits per heavy atom. The lowest BCUT2D eigenvalue weighted by Gasteiger charge is -2.46. The number of hydrogen-bond acceptors (Lipinski definition) is 5. The van der Waals surface area contributed by atoms with E-state index in [0.29, 0.717) is 33.8 Å². The number of para-hydroxylation sites is 2. The van der Waals surface area contributed by atoms with E-state index >= 15 is 0 Å². The lowest BCUT2D eigenvalue weighted by molar-refractivity contribution is -0.0357. The number of fused-ring (bicyclic) bond motifs is 4. The van der Waals surface area contributed by atoms with Gasteiger partial charge in [0.25, 0.3) is 0 Å². The first kappa shape index (κ1) is 21.8. The van der Waals surface area contributed by atoms with Gasteiger partial charge >= 0.3 is 6.09 Å². The zero-order valence-corrected chi connectivity index (χ0v) is 19.1. The maximum Gasteiger partial charge on any atom is 0.419 e. The van der Waals surface area contributed by atoms with Crippen LogP contribution in [0, 0.1) is 5.92 Å². The summed E-state index contributed by atoms with van der Waals surface area (Å²) >= 11 is 0. The topological polar surface area (TPSA) is 72.9 Å². The first-order valence-corrected chi connectivity index (χ1v) is 11.7. The van der Waals surface area contributed by atoms with Crippen molar-refractivity contribution in [1.29, 1.82) is 0 Å². The number of nitrogens with zero attached hydrogens (tertiary/aromatic N) is 1. The summed E-state index contributed by atoms with van der Waals surface area (Å²) in [7, 11) is 0. The van der Waals surface area contributed by atoms with Crippen molar-refractivity contribution in [3.63, 3.8) is 0 Å². The van der Waals surface area contributed by atoms with Crippen LogP contribution < -0.4 is 9.47 Å². The second-order valence-electron chi connectivity index (χ2n) is 8.70. The van der Waals surface area contributed by atoms with Gasteiger partial charge in [0.15, 0.2) is 11.6 Å². The van der Waals surface area contributed by atoms with Crippen LogP contribution >= 0.6 is 0 Å². The van der Waals surface area contributed by atoms with Crippen LogP contribution in [-0.4, -0.2) is 22.6 Å². The second-order valence-corrected chi connectivity index (χ2v) is 8.70. The smallest absolute Gasteiger partial charge is 0.419 e. The molecule has 36 heavy (non-hydrogen) atoms. The zero-order chi connectivity index (χ0) is 24.6. The highest BCUT2D eigenvalue weighted by Gasteiger charge is 2.51. The average molecular weight is 476 g/mol. The molecule has 0 radical (unpaired) electrons. The van der Waals surface area contributed by atoms with E-state index in [-0.39, 0.29) is 11.6 Å². The van der Waals surface area contributed by atoms with Gasteiger partial charge in [-0.05, 0) is 18.2 Å². The van der Waals surface area contributed by atoms with Crippen molar-refractivity contribution in [2.45, 2.75) is 12.3 Å². The molecule has 0 aliphatic carbocycles. The van der Waals surface area contributed by atoms with Crippen LogP contribution in [0.15, 0.2) is 109 Å². The summed E-state index contributed by atoms with van der Waals surface area (Å²) < 4.78 is 11.9. The lowest BCUT2D eigenvalue weighted by atomic mass is 9.79. The highest BCUT2D eigenvalue weighted by Crippen LogP contribution is 2.50. The van der Waals surface area contributed by atoms with Gasteiger partial charge in [0.1, 0.15) is 17.4 Å². The van der Waals surface area contributed by atoms with E-state index in [2.05, 4.69) is 0 Å². The largest absolute Gasteiger partial charge is 0.466 e. The van der Waals surface area contributed by atoms with Crippen molar-refractivity contribution in [2.24, 2.45) is 5.92 Å². The number of amides is 1. The Labute approximate surface area is 207 Å². The summed E-state index contributed by atoms with van der Waals surface area (Å²) in [6.07, 6.45) is -1.53. The Bertz CT molecular complexity index is 1420. The van der Waals surface area contributed by atoms with Crippen molar-refractivity contribution in [3.05, 3.63) is 131 Å². The van der Waals surface area contributed by atoms with Crippen LogP contribution in [0.2, 0.25) is 0 Å². The number of rotatable bonds is 5. The Morgan fingerprint density at radius 2 is 1.14 bits per heavy atom.